The summed E-state index contributed by atoms with van der Waals surface area (Å²) >= 11 is 0. The molecule has 0 radical (unpaired) electrons. The SMILES string of the molecule is COC1(C(N)c2cc(C)cnc2N)CCC(C)(C)CC1. The molecule has 1 aliphatic carbocycles. The van der Waals surface area contributed by atoms with Gasteiger partial charge in [-0.2, -0.15) is 0 Å². The van der Waals surface area contributed by atoms with Gasteiger partial charge in [0.1, 0.15) is 5.82 Å². The molecule has 112 valence electrons. The van der Waals surface area contributed by atoms with E-state index in [-0.39, 0.29) is 11.6 Å². The number of nitrogens with zero attached hydrogens (tertiary/aromatic N) is 1. The van der Waals surface area contributed by atoms with Crippen LogP contribution in [0.25, 0.3) is 0 Å². The molecule has 2 rings (SSSR count). The number of aromatic nitrogens is 1. The van der Waals surface area contributed by atoms with Crippen molar-refractivity contribution in [3.63, 3.8) is 0 Å². The van der Waals surface area contributed by atoms with Gasteiger partial charge in [-0.15, -0.1) is 0 Å². The average molecular weight is 277 g/mol. The lowest BCUT2D eigenvalue weighted by molar-refractivity contribution is -0.0793. The fourth-order valence-electron chi connectivity index (χ4n) is 3.13. The van der Waals surface area contributed by atoms with Crippen LogP contribution in [-0.4, -0.2) is 17.7 Å². The first-order chi connectivity index (χ1) is 9.30. The highest BCUT2D eigenvalue weighted by Crippen LogP contribution is 2.47. The van der Waals surface area contributed by atoms with E-state index in [1.165, 1.54) is 0 Å². The third-order valence-electron chi connectivity index (χ3n) is 4.84. The van der Waals surface area contributed by atoms with Gasteiger partial charge in [0.05, 0.1) is 11.6 Å². The van der Waals surface area contributed by atoms with E-state index in [1.807, 2.05) is 13.0 Å². The summed E-state index contributed by atoms with van der Waals surface area (Å²) < 4.78 is 5.87. The van der Waals surface area contributed by atoms with Crippen LogP contribution in [0.1, 0.15) is 56.7 Å². The smallest absolute Gasteiger partial charge is 0.128 e. The van der Waals surface area contributed by atoms with Gasteiger partial charge >= 0.3 is 0 Å². The number of pyridine rings is 1. The zero-order chi connectivity index (χ0) is 15.0. The number of hydrogen-bond acceptors (Lipinski definition) is 4. The van der Waals surface area contributed by atoms with Gasteiger partial charge in [-0.25, -0.2) is 4.98 Å². The van der Waals surface area contributed by atoms with Gasteiger partial charge in [-0.1, -0.05) is 13.8 Å². The van der Waals surface area contributed by atoms with Crippen molar-refractivity contribution >= 4 is 5.82 Å². The van der Waals surface area contributed by atoms with Crippen molar-refractivity contribution in [1.82, 2.24) is 4.98 Å². The summed E-state index contributed by atoms with van der Waals surface area (Å²) in [7, 11) is 1.76. The zero-order valence-corrected chi connectivity index (χ0v) is 13.1. The van der Waals surface area contributed by atoms with Crippen molar-refractivity contribution in [3.05, 3.63) is 23.4 Å². The molecule has 4 nitrogen and oxygen atoms in total. The number of hydrogen-bond donors (Lipinski definition) is 2. The van der Waals surface area contributed by atoms with E-state index in [2.05, 4.69) is 18.8 Å². The minimum absolute atomic E-state index is 0.226. The Kier molecular flexibility index (Phi) is 4.07. The molecule has 1 aromatic heterocycles. The highest BCUT2D eigenvalue weighted by atomic mass is 16.5. The second kappa shape index (κ2) is 5.34. The van der Waals surface area contributed by atoms with Crippen LogP contribution in [-0.2, 0) is 4.74 Å². The van der Waals surface area contributed by atoms with Crippen LogP contribution in [0.2, 0.25) is 0 Å². The molecule has 1 aliphatic rings. The molecule has 1 heterocycles. The molecule has 4 N–H and O–H groups in total. The maximum absolute atomic E-state index is 6.53. The van der Waals surface area contributed by atoms with Crippen molar-refractivity contribution in [2.75, 3.05) is 12.8 Å². The van der Waals surface area contributed by atoms with Crippen LogP contribution < -0.4 is 11.5 Å². The van der Waals surface area contributed by atoms with E-state index in [4.69, 9.17) is 16.2 Å². The summed E-state index contributed by atoms with van der Waals surface area (Å²) in [5.41, 5.74) is 14.6. The number of aryl methyl sites for hydroxylation is 1. The molecule has 0 saturated heterocycles. The molecular formula is C16H27N3O. The lowest BCUT2D eigenvalue weighted by Crippen LogP contribution is -2.47. The molecule has 20 heavy (non-hydrogen) atoms. The standard InChI is InChI=1S/C16H27N3O/c1-11-9-12(14(18)19-10-11)13(17)16(20-4)7-5-15(2,3)6-8-16/h9-10,13H,5-8,17H2,1-4H3,(H2,18,19). The molecule has 1 unspecified atom stereocenters. The summed E-state index contributed by atoms with van der Waals surface area (Å²) in [4.78, 5) is 4.23. The predicted octanol–water partition coefficient (Wildman–Crippen LogP) is 2.96. The highest BCUT2D eigenvalue weighted by Gasteiger charge is 2.44. The average Bonchev–Trinajstić information content (AvgIpc) is 2.41. The first-order valence-electron chi connectivity index (χ1n) is 7.32. The Morgan fingerprint density at radius 2 is 1.85 bits per heavy atom. The molecule has 0 aromatic carbocycles. The van der Waals surface area contributed by atoms with Gasteiger partial charge in [-0.05, 0) is 49.7 Å². The van der Waals surface area contributed by atoms with Gasteiger partial charge in [0.2, 0.25) is 0 Å². The maximum Gasteiger partial charge on any atom is 0.128 e. The van der Waals surface area contributed by atoms with Crippen LogP contribution in [0.3, 0.4) is 0 Å². The van der Waals surface area contributed by atoms with E-state index in [1.54, 1.807) is 13.3 Å². The number of rotatable bonds is 3. The molecule has 1 fully saturated rings. The van der Waals surface area contributed by atoms with Crippen molar-refractivity contribution in [2.24, 2.45) is 11.1 Å². The van der Waals surface area contributed by atoms with E-state index in [9.17, 15) is 0 Å². The molecule has 0 aliphatic heterocycles. The van der Waals surface area contributed by atoms with Gasteiger partial charge < -0.3 is 16.2 Å². The monoisotopic (exact) mass is 277 g/mol. The minimum Gasteiger partial charge on any atom is -0.383 e. The summed E-state index contributed by atoms with van der Waals surface area (Å²) in [6, 6.07) is 1.81. The molecule has 1 saturated carbocycles. The zero-order valence-electron chi connectivity index (χ0n) is 13.1. The summed E-state index contributed by atoms with van der Waals surface area (Å²) in [5.74, 6) is 0.518. The van der Waals surface area contributed by atoms with Crippen LogP contribution >= 0.6 is 0 Å². The summed E-state index contributed by atoms with van der Waals surface area (Å²) in [6.45, 7) is 6.62. The Balaban J connectivity index is 2.30. The van der Waals surface area contributed by atoms with Crippen molar-refractivity contribution in [2.45, 2.75) is 58.1 Å². The molecule has 1 aromatic rings. The van der Waals surface area contributed by atoms with Gasteiger partial charge in [-0.3, -0.25) is 0 Å². The Hall–Kier alpha value is -1.13. The molecule has 1 atom stereocenters. The third-order valence-corrected chi connectivity index (χ3v) is 4.84. The predicted molar refractivity (Wildman–Crippen MR) is 82.3 cm³/mol. The highest BCUT2D eigenvalue weighted by molar-refractivity contribution is 5.44. The summed E-state index contributed by atoms with van der Waals surface area (Å²) in [5, 5.41) is 0. The fraction of sp³-hybridized carbons (Fsp3) is 0.688. The number of nitrogens with two attached hydrogens (primary N) is 2. The fourth-order valence-corrected chi connectivity index (χ4v) is 3.13. The van der Waals surface area contributed by atoms with Crippen LogP contribution in [0, 0.1) is 12.3 Å². The third kappa shape index (κ3) is 2.81. The van der Waals surface area contributed by atoms with E-state index >= 15 is 0 Å². The second-order valence-corrected chi connectivity index (χ2v) is 6.90. The number of methoxy groups -OCH3 is 1. The largest absolute Gasteiger partial charge is 0.383 e. The van der Waals surface area contributed by atoms with Crippen molar-refractivity contribution in [1.29, 1.82) is 0 Å². The quantitative estimate of drug-likeness (QED) is 0.890. The van der Waals surface area contributed by atoms with Crippen molar-refractivity contribution in [3.8, 4) is 0 Å². The molecular weight excluding hydrogens is 250 g/mol. The van der Waals surface area contributed by atoms with Crippen LogP contribution in [0.4, 0.5) is 5.82 Å². The number of anilines is 1. The van der Waals surface area contributed by atoms with Gasteiger partial charge in [0, 0.05) is 18.9 Å². The first kappa shape index (κ1) is 15.3. The molecule has 0 bridgehead atoms. The lowest BCUT2D eigenvalue weighted by atomic mass is 9.67. The van der Waals surface area contributed by atoms with Crippen LogP contribution in [0.5, 0.6) is 0 Å². The van der Waals surface area contributed by atoms with Crippen molar-refractivity contribution < 1.29 is 4.74 Å². The number of ether oxygens (including phenoxy) is 1. The Labute approximate surface area is 121 Å². The normalized spacial score (nSPS) is 22.4. The number of nitrogen functional groups attached to an aromatic ring is 1. The van der Waals surface area contributed by atoms with E-state index < -0.39 is 0 Å². The Morgan fingerprint density at radius 1 is 1.25 bits per heavy atom. The maximum atomic E-state index is 6.53. The molecule has 0 amide bonds. The van der Waals surface area contributed by atoms with Gasteiger partial charge in [0.25, 0.3) is 0 Å². The van der Waals surface area contributed by atoms with E-state index in [0.717, 1.165) is 36.8 Å². The molecule has 4 heteroatoms. The Bertz CT molecular complexity index is 475. The molecule has 0 spiro atoms. The summed E-state index contributed by atoms with van der Waals surface area (Å²) in [6.07, 6.45) is 5.94. The van der Waals surface area contributed by atoms with Gasteiger partial charge in [0.15, 0.2) is 0 Å². The van der Waals surface area contributed by atoms with Crippen LogP contribution in [0.15, 0.2) is 12.3 Å². The Morgan fingerprint density at radius 3 is 2.40 bits per heavy atom. The first-order valence-corrected chi connectivity index (χ1v) is 7.32. The van der Waals surface area contributed by atoms with E-state index in [0.29, 0.717) is 11.2 Å². The topological polar surface area (TPSA) is 74.2 Å². The minimum atomic E-state index is -0.320. The lowest BCUT2D eigenvalue weighted by Gasteiger charge is -2.46. The second-order valence-electron chi connectivity index (χ2n) is 6.90.